The van der Waals surface area contributed by atoms with Crippen LogP contribution in [-0.4, -0.2) is 30.0 Å². The molecule has 1 unspecified atom stereocenters. The molecule has 3 nitrogen and oxygen atoms in total. The molecule has 21 heavy (non-hydrogen) atoms. The van der Waals surface area contributed by atoms with Crippen molar-refractivity contribution in [3.63, 3.8) is 0 Å². The lowest BCUT2D eigenvalue weighted by Crippen LogP contribution is -2.26. The Labute approximate surface area is 131 Å². The van der Waals surface area contributed by atoms with Crippen molar-refractivity contribution in [1.29, 1.82) is 0 Å². The largest absolute Gasteiger partial charge is 0.324 e. The van der Waals surface area contributed by atoms with Gasteiger partial charge >= 0.3 is 0 Å². The summed E-state index contributed by atoms with van der Waals surface area (Å²) in [5, 5.41) is 0.749. The number of hydrogen-bond acceptors (Lipinski definition) is 3. The summed E-state index contributed by atoms with van der Waals surface area (Å²) in [6.07, 6.45) is 3.74. The van der Waals surface area contributed by atoms with Gasteiger partial charge in [-0.05, 0) is 49.8 Å². The highest BCUT2D eigenvalue weighted by Gasteiger charge is 2.08. The molecule has 0 radical (unpaired) electrons. The van der Waals surface area contributed by atoms with E-state index in [4.69, 9.17) is 17.3 Å². The molecule has 2 rings (SSSR count). The predicted octanol–water partition coefficient (Wildman–Crippen LogP) is 3.30. The lowest BCUT2D eigenvalue weighted by atomic mass is 10.0. The van der Waals surface area contributed by atoms with Gasteiger partial charge in [0.1, 0.15) is 0 Å². The zero-order chi connectivity index (χ0) is 15.1. The first-order chi connectivity index (χ1) is 10.1. The molecular weight excluding hydrogens is 282 g/mol. The second kappa shape index (κ2) is 8.13. The predicted molar refractivity (Wildman–Crippen MR) is 88.4 cm³/mol. The van der Waals surface area contributed by atoms with Crippen LogP contribution < -0.4 is 5.73 Å². The number of nitrogens with two attached hydrogens (primary N) is 1. The van der Waals surface area contributed by atoms with Gasteiger partial charge in [-0.3, -0.25) is 4.98 Å². The summed E-state index contributed by atoms with van der Waals surface area (Å²) in [6.45, 7) is 1.96. The normalized spacial score (nSPS) is 12.6. The molecule has 1 atom stereocenters. The van der Waals surface area contributed by atoms with Crippen LogP contribution >= 0.6 is 11.6 Å². The van der Waals surface area contributed by atoms with Crippen LogP contribution in [0, 0.1) is 0 Å². The molecule has 1 aromatic heterocycles. The van der Waals surface area contributed by atoms with E-state index in [2.05, 4.69) is 23.0 Å². The van der Waals surface area contributed by atoms with Crippen molar-refractivity contribution in [1.82, 2.24) is 9.88 Å². The molecule has 1 aromatic carbocycles. The van der Waals surface area contributed by atoms with Crippen LogP contribution in [-0.2, 0) is 6.42 Å². The van der Waals surface area contributed by atoms with E-state index in [0.29, 0.717) is 0 Å². The van der Waals surface area contributed by atoms with Gasteiger partial charge in [-0.2, -0.15) is 0 Å². The summed E-state index contributed by atoms with van der Waals surface area (Å²) >= 11 is 5.89. The summed E-state index contributed by atoms with van der Waals surface area (Å²) in [5.41, 5.74) is 8.49. The third-order valence-electron chi connectivity index (χ3n) is 3.60. The molecule has 1 heterocycles. The molecule has 2 aromatic rings. The minimum Gasteiger partial charge on any atom is -0.324 e. The summed E-state index contributed by atoms with van der Waals surface area (Å²) in [4.78, 5) is 6.63. The number of likely N-dealkylation sites (N-methyl/N-ethyl adjacent to an activating group) is 1. The van der Waals surface area contributed by atoms with E-state index < -0.39 is 0 Å². The Morgan fingerprint density at radius 2 is 1.90 bits per heavy atom. The Hall–Kier alpha value is -1.42. The van der Waals surface area contributed by atoms with Crippen LogP contribution in [0.5, 0.6) is 0 Å². The van der Waals surface area contributed by atoms with E-state index in [9.17, 15) is 0 Å². The third kappa shape index (κ3) is 5.46. The molecule has 0 aliphatic rings. The fourth-order valence-corrected chi connectivity index (χ4v) is 2.33. The first-order valence-electron chi connectivity index (χ1n) is 7.24. The second-order valence-electron chi connectivity index (χ2n) is 5.32. The molecule has 0 fully saturated rings. The van der Waals surface area contributed by atoms with E-state index in [1.54, 1.807) is 0 Å². The van der Waals surface area contributed by atoms with E-state index in [1.165, 1.54) is 0 Å². The minimum atomic E-state index is 0.0552. The van der Waals surface area contributed by atoms with Gasteiger partial charge in [0.25, 0.3) is 0 Å². The highest BCUT2D eigenvalue weighted by Crippen LogP contribution is 2.17. The van der Waals surface area contributed by atoms with Gasteiger partial charge in [0.05, 0.1) is 0 Å². The van der Waals surface area contributed by atoms with Crippen LogP contribution in [0.3, 0.4) is 0 Å². The topological polar surface area (TPSA) is 42.2 Å². The lowest BCUT2D eigenvalue weighted by Gasteiger charge is -2.19. The van der Waals surface area contributed by atoms with Crippen molar-refractivity contribution < 1.29 is 0 Å². The van der Waals surface area contributed by atoms with Gasteiger partial charge < -0.3 is 10.6 Å². The average molecular weight is 304 g/mol. The fourth-order valence-electron chi connectivity index (χ4n) is 2.20. The van der Waals surface area contributed by atoms with Crippen LogP contribution in [0.4, 0.5) is 0 Å². The van der Waals surface area contributed by atoms with Crippen LogP contribution in [0.15, 0.2) is 48.7 Å². The molecule has 0 bridgehead atoms. The molecule has 2 N–H and O–H groups in total. The van der Waals surface area contributed by atoms with E-state index >= 15 is 0 Å². The van der Waals surface area contributed by atoms with E-state index in [0.717, 1.165) is 42.2 Å². The average Bonchev–Trinajstić information content (AvgIpc) is 2.52. The number of halogens is 1. The molecule has 112 valence electrons. The summed E-state index contributed by atoms with van der Waals surface area (Å²) in [6, 6.07) is 13.9. The third-order valence-corrected chi connectivity index (χ3v) is 3.85. The highest BCUT2D eigenvalue weighted by atomic mass is 35.5. The van der Waals surface area contributed by atoms with Gasteiger partial charge in [-0.15, -0.1) is 0 Å². The van der Waals surface area contributed by atoms with Crippen LogP contribution in [0.2, 0.25) is 5.02 Å². The second-order valence-corrected chi connectivity index (χ2v) is 5.76. The number of rotatable bonds is 7. The summed E-state index contributed by atoms with van der Waals surface area (Å²) < 4.78 is 0. The molecular formula is C17H22ClN3. The monoisotopic (exact) mass is 303 g/mol. The molecule has 4 heteroatoms. The first kappa shape index (κ1) is 16.0. The first-order valence-corrected chi connectivity index (χ1v) is 7.62. The Balaban J connectivity index is 1.73. The Bertz CT molecular complexity index is 527. The zero-order valence-electron chi connectivity index (χ0n) is 12.4. The molecule has 0 spiro atoms. The lowest BCUT2D eigenvalue weighted by molar-refractivity contribution is 0.321. The Morgan fingerprint density at radius 1 is 1.14 bits per heavy atom. The molecule has 0 saturated heterocycles. The zero-order valence-corrected chi connectivity index (χ0v) is 13.1. The number of aromatic nitrogens is 1. The van der Waals surface area contributed by atoms with Gasteiger partial charge in [0.2, 0.25) is 0 Å². The van der Waals surface area contributed by atoms with Crippen molar-refractivity contribution in [2.45, 2.75) is 18.9 Å². The molecule has 0 saturated carbocycles. The van der Waals surface area contributed by atoms with Gasteiger partial charge in [-0.25, -0.2) is 0 Å². The Morgan fingerprint density at radius 3 is 2.57 bits per heavy atom. The molecule has 0 aliphatic carbocycles. The maximum atomic E-state index is 6.22. The maximum Gasteiger partial charge on any atom is 0.0416 e. The van der Waals surface area contributed by atoms with E-state index in [1.807, 2.05) is 42.6 Å². The van der Waals surface area contributed by atoms with Crippen LogP contribution in [0.25, 0.3) is 0 Å². The van der Waals surface area contributed by atoms with Gasteiger partial charge in [-0.1, -0.05) is 29.8 Å². The van der Waals surface area contributed by atoms with E-state index in [-0.39, 0.29) is 6.04 Å². The van der Waals surface area contributed by atoms with Gasteiger partial charge in [0, 0.05) is 35.9 Å². The fraction of sp³-hybridized carbons (Fsp3) is 0.353. The highest BCUT2D eigenvalue weighted by molar-refractivity contribution is 6.30. The van der Waals surface area contributed by atoms with Crippen molar-refractivity contribution in [2.24, 2.45) is 5.73 Å². The number of nitrogens with zero attached hydrogens (tertiary/aromatic N) is 2. The summed E-state index contributed by atoms with van der Waals surface area (Å²) in [5.74, 6) is 0. The number of hydrogen-bond donors (Lipinski definition) is 1. The van der Waals surface area contributed by atoms with Crippen molar-refractivity contribution >= 4 is 11.6 Å². The minimum absolute atomic E-state index is 0.0552. The van der Waals surface area contributed by atoms with Crippen molar-refractivity contribution in [3.05, 3.63) is 64.9 Å². The summed E-state index contributed by atoms with van der Waals surface area (Å²) in [7, 11) is 2.12. The SMILES string of the molecule is CN(CCc1ccccn1)CCC(N)c1ccc(Cl)cc1. The standard InChI is InChI=1S/C17H22ClN3/c1-21(12-9-16-4-2-3-11-20-16)13-10-17(19)14-5-7-15(18)8-6-14/h2-8,11,17H,9-10,12-13,19H2,1H3. The molecule has 0 aliphatic heterocycles. The smallest absolute Gasteiger partial charge is 0.0416 e. The van der Waals surface area contributed by atoms with Crippen LogP contribution in [0.1, 0.15) is 23.7 Å². The number of benzene rings is 1. The molecule has 0 amide bonds. The van der Waals surface area contributed by atoms with Crippen molar-refractivity contribution in [3.8, 4) is 0 Å². The Kier molecular flexibility index (Phi) is 6.18. The quantitative estimate of drug-likeness (QED) is 0.853. The number of pyridine rings is 1. The maximum absolute atomic E-state index is 6.22. The van der Waals surface area contributed by atoms with Crippen molar-refractivity contribution in [2.75, 3.05) is 20.1 Å². The van der Waals surface area contributed by atoms with Gasteiger partial charge in [0.15, 0.2) is 0 Å².